The van der Waals surface area contributed by atoms with E-state index in [0.717, 1.165) is 19.4 Å². The van der Waals surface area contributed by atoms with Crippen molar-refractivity contribution in [2.24, 2.45) is 0 Å². The fourth-order valence-corrected chi connectivity index (χ4v) is 2.66. The van der Waals surface area contributed by atoms with E-state index in [1.165, 1.54) is 12.8 Å². The number of halogens is 1. The van der Waals surface area contributed by atoms with Gasteiger partial charge in [-0.25, -0.2) is 0 Å². The van der Waals surface area contributed by atoms with E-state index in [1.54, 1.807) is 0 Å². The highest BCUT2D eigenvalue weighted by Crippen LogP contribution is 2.30. The minimum atomic E-state index is 0.0982. The van der Waals surface area contributed by atoms with Gasteiger partial charge in [-0.05, 0) is 39.5 Å². The highest BCUT2D eigenvalue weighted by atomic mass is 35.5. The van der Waals surface area contributed by atoms with Crippen LogP contribution in [-0.2, 0) is 4.74 Å². The Morgan fingerprint density at radius 1 is 1.43 bits per heavy atom. The molecule has 0 radical (unpaired) electrons. The van der Waals surface area contributed by atoms with Crippen molar-refractivity contribution in [3.8, 4) is 0 Å². The Morgan fingerprint density at radius 2 is 2.14 bits per heavy atom. The fourth-order valence-electron chi connectivity index (χ4n) is 2.23. The molecule has 3 heteroatoms. The third kappa shape index (κ3) is 2.62. The van der Waals surface area contributed by atoms with E-state index >= 15 is 0 Å². The SMILES string of the molecule is CC1(C)CCC(CNC2CC(Cl)C2)O1. The van der Waals surface area contributed by atoms with Crippen molar-refractivity contribution in [3.05, 3.63) is 0 Å². The van der Waals surface area contributed by atoms with Crippen LogP contribution in [0.25, 0.3) is 0 Å². The van der Waals surface area contributed by atoms with Crippen molar-refractivity contribution >= 4 is 11.6 Å². The molecule has 0 amide bonds. The molecule has 1 heterocycles. The average molecular weight is 218 g/mol. The summed E-state index contributed by atoms with van der Waals surface area (Å²) < 4.78 is 5.90. The Labute approximate surface area is 91.3 Å². The molecule has 2 rings (SSSR count). The molecule has 0 aromatic heterocycles. The predicted molar refractivity (Wildman–Crippen MR) is 58.9 cm³/mol. The van der Waals surface area contributed by atoms with Crippen molar-refractivity contribution in [1.82, 2.24) is 5.32 Å². The molecule has 82 valence electrons. The van der Waals surface area contributed by atoms with Gasteiger partial charge in [-0.15, -0.1) is 11.6 Å². The van der Waals surface area contributed by atoms with Gasteiger partial charge in [-0.3, -0.25) is 0 Å². The molecule has 1 unspecified atom stereocenters. The molecular weight excluding hydrogens is 198 g/mol. The smallest absolute Gasteiger partial charge is 0.0707 e. The summed E-state index contributed by atoms with van der Waals surface area (Å²) in [5, 5.41) is 3.93. The van der Waals surface area contributed by atoms with E-state index in [1.807, 2.05) is 0 Å². The Balaban J connectivity index is 1.63. The highest BCUT2D eigenvalue weighted by Gasteiger charge is 2.33. The molecule has 2 aliphatic rings. The molecule has 2 nitrogen and oxygen atoms in total. The second-order valence-electron chi connectivity index (χ2n) is 5.21. The summed E-state index contributed by atoms with van der Waals surface area (Å²) in [6, 6.07) is 0.643. The third-order valence-electron chi connectivity index (χ3n) is 3.27. The summed E-state index contributed by atoms with van der Waals surface area (Å²) >= 11 is 5.91. The third-order valence-corrected chi connectivity index (χ3v) is 3.63. The lowest BCUT2D eigenvalue weighted by molar-refractivity contribution is -0.0160. The summed E-state index contributed by atoms with van der Waals surface area (Å²) in [6.07, 6.45) is 5.04. The number of alkyl halides is 1. The zero-order valence-corrected chi connectivity index (χ0v) is 9.81. The Bertz CT molecular complexity index is 201. The van der Waals surface area contributed by atoms with E-state index in [4.69, 9.17) is 16.3 Å². The number of nitrogens with one attached hydrogen (secondary N) is 1. The minimum Gasteiger partial charge on any atom is -0.371 e. The van der Waals surface area contributed by atoms with E-state index in [-0.39, 0.29) is 5.60 Å². The van der Waals surface area contributed by atoms with Crippen molar-refractivity contribution < 1.29 is 4.74 Å². The van der Waals surface area contributed by atoms with Crippen LogP contribution in [-0.4, -0.2) is 29.7 Å². The molecule has 1 saturated carbocycles. The standard InChI is InChI=1S/C11H20ClNO/c1-11(2)4-3-10(14-11)7-13-9-5-8(12)6-9/h8-10,13H,3-7H2,1-2H3. The van der Waals surface area contributed by atoms with E-state index in [0.29, 0.717) is 17.5 Å². The van der Waals surface area contributed by atoms with Crippen LogP contribution in [0.5, 0.6) is 0 Å². The predicted octanol–water partition coefficient (Wildman–Crippen LogP) is 2.30. The summed E-state index contributed by atoms with van der Waals surface area (Å²) in [7, 11) is 0. The van der Waals surface area contributed by atoms with Gasteiger partial charge in [0, 0.05) is 18.0 Å². The normalized spacial score (nSPS) is 40.9. The van der Waals surface area contributed by atoms with Crippen LogP contribution in [0.4, 0.5) is 0 Å². The van der Waals surface area contributed by atoms with Crippen molar-refractivity contribution in [2.75, 3.05) is 6.54 Å². The number of rotatable bonds is 3. The number of hydrogen-bond donors (Lipinski definition) is 1. The zero-order valence-electron chi connectivity index (χ0n) is 9.05. The maximum absolute atomic E-state index is 5.91. The molecule has 0 bridgehead atoms. The van der Waals surface area contributed by atoms with E-state index in [2.05, 4.69) is 19.2 Å². The molecule has 0 spiro atoms. The summed E-state index contributed by atoms with van der Waals surface area (Å²) in [6.45, 7) is 5.34. The summed E-state index contributed by atoms with van der Waals surface area (Å²) in [5.74, 6) is 0. The van der Waals surface area contributed by atoms with Gasteiger partial charge in [0.2, 0.25) is 0 Å². The Morgan fingerprint density at radius 3 is 2.64 bits per heavy atom. The van der Waals surface area contributed by atoms with Crippen molar-refractivity contribution in [2.45, 2.75) is 62.7 Å². The molecule has 1 N–H and O–H groups in total. The molecule has 2 fully saturated rings. The van der Waals surface area contributed by atoms with Crippen LogP contribution in [0.2, 0.25) is 0 Å². The van der Waals surface area contributed by atoms with Gasteiger partial charge in [0.15, 0.2) is 0 Å². The van der Waals surface area contributed by atoms with Gasteiger partial charge in [0.05, 0.1) is 11.7 Å². The maximum atomic E-state index is 5.91. The van der Waals surface area contributed by atoms with Gasteiger partial charge < -0.3 is 10.1 Å². The molecule has 0 aromatic carbocycles. The molecule has 1 aliphatic heterocycles. The second kappa shape index (κ2) is 3.99. The van der Waals surface area contributed by atoms with Crippen LogP contribution < -0.4 is 5.32 Å². The lowest BCUT2D eigenvalue weighted by atomic mass is 9.92. The van der Waals surface area contributed by atoms with Crippen LogP contribution in [0.3, 0.4) is 0 Å². The Hall–Kier alpha value is 0.210. The molecule has 1 aliphatic carbocycles. The lowest BCUT2D eigenvalue weighted by Crippen LogP contribution is -2.45. The fraction of sp³-hybridized carbons (Fsp3) is 1.00. The van der Waals surface area contributed by atoms with Crippen LogP contribution in [0.1, 0.15) is 39.5 Å². The highest BCUT2D eigenvalue weighted by molar-refractivity contribution is 6.21. The van der Waals surface area contributed by atoms with Crippen molar-refractivity contribution in [1.29, 1.82) is 0 Å². The summed E-state index contributed by atoms with van der Waals surface area (Å²) in [4.78, 5) is 0. The van der Waals surface area contributed by atoms with Crippen LogP contribution >= 0.6 is 11.6 Å². The maximum Gasteiger partial charge on any atom is 0.0707 e. The first-order valence-electron chi connectivity index (χ1n) is 5.60. The second-order valence-corrected chi connectivity index (χ2v) is 5.83. The molecule has 1 atom stereocenters. The van der Waals surface area contributed by atoms with Gasteiger partial charge in [-0.2, -0.15) is 0 Å². The first kappa shape index (κ1) is 10.7. The van der Waals surface area contributed by atoms with Crippen molar-refractivity contribution in [3.63, 3.8) is 0 Å². The number of ether oxygens (including phenoxy) is 1. The largest absolute Gasteiger partial charge is 0.371 e. The van der Waals surface area contributed by atoms with Gasteiger partial charge >= 0.3 is 0 Å². The zero-order chi connectivity index (χ0) is 10.2. The first-order chi connectivity index (χ1) is 6.55. The van der Waals surface area contributed by atoms with Gasteiger partial charge in [0.25, 0.3) is 0 Å². The summed E-state index contributed by atoms with van der Waals surface area (Å²) in [5.41, 5.74) is 0.0982. The van der Waals surface area contributed by atoms with Gasteiger partial charge in [0.1, 0.15) is 0 Å². The lowest BCUT2D eigenvalue weighted by Gasteiger charge is -2.32. The first-order valence-corrected chi connectivity index (χ1v) is 6.04. The van der Waals surface area contributed by atoms with Crippen LogP contribution in [0, 0.1) is 0 Å². The molecule has 14 heavy (non-hydrogen) atoms. The average Bonchev–Trinajstić information content (AvgIpc) is 2.37. The molecule has 0 aromatic rings. The van der Waals surface area contributed by atoms with E-state index in [9.17, 15) is 0 Å². The molecular formula is C11H20ClNO. The minimum absolute atomic E-state index is 0.0982. The van der Waals surface area contributed by atoms with E-state index < -0.39 is 0 Å². The van der Waals surface area contributed by atoms with Crippen LogP contribution in [0.15, 0.2) is 0 Å². The topological polar surface area (TPSA) is 21.3 Å². The monoisotopic (exact) mass is 217 g/mol. The Kier molecular flexibility index (Phi) is 3.06. The molecule has 1 saturated heterocycles. The quantitative estimate of drug-likeness (QED) is 0.733. The number of hydrogen-bond acceptors (Lipinski definition) is 2. The van der Waals surface area contributed by atoms with Gasteiger partial charge in [-0.1, -0.05) is 0 Å².